The molecule has 0 atom stereocenters. The highest BCUT2D eigenvalue weighted by Crippen LogP contribution is 2.21. The lowest BCUT2D eigenvalue weighted by atomic mass is 10.1. The van der Waals surface area contributed by atoms with Gasteiger partial charge in [-0.1, -0.05) is 18.2 Å². The van der Waals surface area contributed by atoms with Crippen molar-refractivity contribution >= 4 is 40.8 Å². The third kappa shape index (κ3) is 4.62. The summed E-state index contributed by atoms with van der Waals surface area (Å²) < 4.78 is 0. The number of guanidine groups is 1. The molecule has 1 aromatic carbocycles. The molecule has 0 spiro atoms. The molecule has 0 fully saturated rings. The highest BCUT2D eigenvalue weighted by molar-refractivity contribution is 14.0. The van der Waals surface area contributed by atoms with E-state index >= 15 is 0 Å². The number of aryl methyl sites for hydroxylation is 1. The number of H-pyrrole nitrogens is 1. The first kappa shape index (κ1) is 17.8. The first-order chi connectivity index (χ1) is 9.76. The van der Waals surface area contributed by atoms with Gasteiger partial charge in [0, 0.05) is 36.7 Å². The molecule has 0 aliphatic carbocycles. The van der Waals surface area contributed by atoms with Gasteiger partial charge in [-0.2, -0.15) is 0 Å². The van der Waals surface area contributed by atoms with Crippen LogP contribution in [0.5, 0.6) is 0 Å². The highest BCUT2D eigenvalue weighted by Gasteiger charge is 2.04. The van der Waals surface area contributed by atoms with E-state index in [2.05, 4.69) is 65.8 Å². The van der Waals surface area contributed by atoms with Crippen molar-refractivity contribution in [3.8, 4) is 0 Å². The van der Waals surface area contributed by atoms with Crippen LogP contribution >= 0.6 is 24.0 Å². The summed E-state index contributed by atoms with van der Waals surface area (Å²) in [5.41, 5.74) is 3.86. The van der Waals surface area contributed by atoms with Gasteiger partial charge in [-0.05, 0) is 38.3 Å². The van der Waals surface area contributed by atoms with E-state index in [-0.39, 0.29) is 24.0 Å². The minimum absolute atomic E-state index is 0. The maximum Gasteiger partial charge on any atom is 0.191 e. The van der Waals surface area contributed by atoms with Crippen LogP contribution < -0.4 is 10.6 Å². The number of nitrogens with zero attached hydrogens (tertiary/aromatic N) is 1. The Morgan fingerprint density at radius 2 is 1.90 bits per heavy atom. The summed E-state index contributed by atoms with van der Waals surface area (Å²) in [5, 5.41) is 7.80. The Morgan fingerprint density at radius 3 is 2.57 bits per heavy atom. The molecule has 0 bridgehead atoms. The predicted molar refractivity (Wildman–Crippen MR) is 102 cm³/mol. The van der Waals surface area contributed by atoms with Crippen LogP contribution in [0.2, 0.25) is 0 Å². The molecule has 1 heterocycles. The molecule has 0 aliphatic rings. The summed E-state index contributed by atoms with van der Waals surface area (Å²) in [7, 11) is 0. The van der Waals surface area contributed by atoms with Crippen LogP contribution in [-0.4, -0.2) is 30.6 Å². The smallest absolute Gasteiger partial charge is 0.191 e. The van der Waals surface area contributed by atoms with E-state index in [1.54, 1.807) is 0 Å². The molecule has 116 valence electrons. The molecule has 1 aromatic heterocycles. The minimum Gasteiger partial charge on any atom is -0.361 e. The summed E-state index contributed by atoms with van der Waals surface area (Å²) in [6, 6.07) is 6.42. The number of hydrogen-bond acceptors (Lipinski definition) is 1. The average Bonchev–Trinajstić information content (AvgIpc) is 2.84. The van der Waals surface area contributed by atoms with Gasteiger partial charge in [0.25, 0.3) is 0 Å². The van der Waals surface area contributed by atoms with Crippen molar-refractivity contribution in [2.24, 2.45) is 4.99 Å². The minimum atomic E-state index is 0. The monoisotopic (exact) mass is 400 g/mol. The third-order valence-electron chi connectivity index (χ3n) is 3.35. The molecule has 0 saturated heterocycles. The number of aromatic nitrogens is 1. The van der Waals surface area contributed by atoms with Crippen LogP contribution in [0.1, 0.15) is 25.0 Å². The quantitative estimate of drug-likeness (QED) is 0.410. The highest BCUT2D eigenvalue weighted by atomic mass is 127. The lowest BCUT2D eigenvalue weighted by Gasteiger charge is -2.08. The zero-order valence-corrected chi connectivity index (χ0v) is 15.3. The first-order valence-corrected chi connectivity index (χ1v) is 7.34. The first-order valence-electron chi connectivity index (χ1n) is 7.34. The zero-order valence-electron chi connectivity index (χ0n) is 13.0. The molecule has 21 heavy (non-hydrogen) atoms. The molecule has 2 aromatic rings. The van der Waals surface area contributed by atoms with Gasteiger partial charge in [-0.15, -0.1) is 24.0 Å². The Morgan fingerprint density at radius 1 is 1.19 bits per heavy atom. The van der Waals surface area contributed by atoms with Gasteiger partial charge in [0.15, 0.2) is 5.96 Å². The van der Waals surface area contributed by atoms with Crippen LogP contribution in [0, 0.1) is 6.92 Å². The van der Waals surface area contributed by atoms with E-state index in [0.29, 0.717) is 0 Å². The van der Waals surface area contributed by atoms with E-state index < -0.39 is 0 Å². The van der Waals surface area contributed by atoms with Crippen molar-refractivity contribution in [2.75, 3.05) is 19.6 Å². The van der Waals surface area contributed by atoms with E-state index in [1.807, 2.05) is 0 Å². The van der Waals surface area contributed by atoms with E-state index in [9.17, 15) is 0 Å². The fourth-order valence-electron chi connectivity index (χ4n) is 2.37. The molecule has 0 unspecified atom stereocenters. The molecule has 0 amide bonds. The van der Waals surface area contributed by atoms with Gasteiger partial charge < -0.3 is 15.6 Å². The van der Waals surface area contributed by atoms with Crippen LogP contribution in [0.25, 0.3) is 10.9 Å². The van der Waals surface area contributed by atoms with Crippen LogP contribution in [0.15, 0.2) is 29.4 Å². The summed E-state index contributed by atoms with van der Waals surface area (Å²) in [6.45, 7) is 8.85. The second kappa shape index (κ2) is 8.92. The fraction of sp³-hybridized carbons (Fsp3) is 0.438. The fourth-order valence-corrected chi connectivity index (χ4v) is 2.37. The molecule has 2 rings (SSSR count). The third-order valence-corrected chi connectivity index (χ3v) is 3.35. The lowest BCUT2D eigenvalue weighted by molar-refractivity contribution is 0.834. The Bertz CT molecular complexity index is 581. The Kier molecular flexibility index (Phi) is 7.56. The number of fused-ring (bicyclic) bond motifs is 1. The second-order valence-electron chi connectivity index (χ2n) is 4.85. The average molecular weight is 400 g/mol. The van der Waals surface area contributed by atoms with Crippen molar-refractivity contribution < 1.29 is 0 Å². The van der Waals surface area contributed by atoms with Crippen LogP contribution in [0.4, 0.5) is 0 Å². The van der Waals surface area contributed by atoms with Crippen molar-refractivity contribution in [1.29, 1.82) is 0 Å². The molecule has 4 nitrogen and oxygen atoms in total. The van der Waals surface area contributed by atoms with Gasteiger partial charge in [0.1, 0.15) is 0 Å². The number of hydrogen-bond donors (Lipinski definition) is 3. The van der Waals surface area contributed by atoms with Gasteiger partial charge >= 0.3 is 0 Å². The summed E-state index contributed by atoms with van der Waals surface area (Å²) in [4.78, 5) is 7.95. The van der Waals surface area contributed by atoms with Crippen molar-refractivity contribution in [2.45, 2.75) is 27.2 Å². The number of nitrogens with one attached hydrogen (secondary N) is 3. The molecule has 0 radical (unpaired) electrons. The maximum atomic E-state index is 4.59. The number of halogens is 1. The number of aromatic amines is 1. The summed E-state index contributed by atoms with van der Waals surface area (Å²) in [6.07, 6.45) is 3.05. The number of benzene rings is 1. The number of para-hydroxylation sites is 1. The van der Waals surface area contributed by atoms with Crippen LogP contribution in [-0.2, 0) is 6.42 Å². The molecule has 0 aliphatic heterocycles. The topological polar surface area (TPSA) is 52.2 Å². The Balaban J connectivity index is 0.00000220. The SMILES string of the molecule is CCNC(=NCCc1c[nH]c2c(C)cccc12)NCC.I. The van der Waals surface area contributed by atoms with Crippen molar-refractivity contribution in [3.63, 3.8) is 0 Å². The lowest BCUT2D eigenvalue weighted by Crippen LogP contribution is -2.37. The predicted octanol–water partition coefficient (Wildman–Crippen LogP) is 3.21. The summed E-state index contributed by atoms with van der Waals surface area (Å²) in [5.74, 6) is 0.894. The van der Waals surface area contributed by atoms with Gasteiger partial charge in [-0.25, -0.2) is 0 Å². The standard InChI is InChI=1S/C16H24N4.HI/c1-4-17-16(18-5-2)19-10-9-13-11-20-15-12(3)7-6-8-14(13)15;/h6-8,11,20H,4-5,9-10H2,1-3H3,(H2,17,18,19);1H. The van der Waals surface area contributed by atoms with Gasteiger partial charge in [-0.3, -0.25) is 4.99 Å². The van der Waals surface area contributed by atoms with E-state index in [4.69, 9.17) is 0 Å². The molecule has 5 heteroatoms. The van der Waals surface area contributed by atoms with Crippen molar-refractivity contribution in [1.82, 2.24) is 15.6 Å². The van der Waals surface area contributed by atoms with Crippen molar-refractivity contribution in [3.05, 3.63) is 35.5 Å². The van der Waals surface area contributed by atoms with E-state index in [1.165, 1.54) is 22.0 Å². The normalized spacial score (nSPS) is 10.0. The molecular weight excluding hydrogens is 375 g/mol. The van der Waals surface area contributed by atoms with Gasteiger partial charge in [0.05, 0.1) is 0 Å². The van der Waals surface area contributed by atoms with Crippen LogP contribution in [0.3, 0.4) is 0 Å². The molecule has 0 saturated carbocycles. The maximum absolute atomic E-state index is 4.59. The Hall–Kier alpha value is -1.24. The number of aliphatic imine (C=N–C) groups is 1. The molecule has 3 N–H and O–H groups in total. The summed E-state index contributed by atoms with van der Waals surface area (Å²) >= 11 is 0. The largest absolute Gasteiger partial charge is 0.361 e. The second-order valence-corrected chi connectivity index (χ2v) is 4.85. The van der Waals surface area contributed by atoms with E-state index in [0.717, 1.165) is 32.0 Å². The molecular formula is C16H25IN4. The van der Waals surface area contributed by atoms with Gasteiger partial charge in [0.2, 0.25) is 0 Å². The Labute approximate surface area is 143 Å². The zero-order chi connectivity index (χ0) is 14.4. The number of rotatable bonds is 5.